The van der Waals surface area contributed by atoms with Crippen LogP contribution in [0.15, 0.2) is 24.3 Å². The lowest BCUT2D eigenvalue weighted by atomic mass is 10.2. The van der Waals surface area contributed by atoms with Crippen molar-refractivity contribution in [3.8, 4) is 0 Å². The van der Waals surface area contributed by atoms with E-state index in [0.29, 0.717) is 18.8 Å². The average Bonchev–Trinajstić information content (AvgIpc) is 3.20. The van der Waals surface area contributed by atoms with Gasteiger partial charge in [0, 0.05) is 24.8 Å². The van der Waals surface area contributed by atoms with Gasteiger partial charge in [-0.2, -0.15) is 0 Å². The molecule has 2 saturated heterocycles. The fraction of sp³-hybridized carbons (Fsp3) is 0.500. The van der Waals surface area contributed by atoms with Crippen molar-refractivity contribution >= 4 is 30.0 Å². The van der Waals surface area contributed by atoms with Crippen LogP contribution in [0.4, 0.5) is 14.9 Å². The molecule has 3 amide bonds. The molecule has 2 atom stereocenters. The minimum Gasteiger partial charge on any atom is -0.339 e. The van der Waals surface area contributed by atoms with Gasteiger partial charge >= 0.3 is 6.03 Å². The molecule has 0 aliphatic carbocycles. The molecule has 0 bridgehead atoms. The number of halogens is 2. The van der Waals surface area contributed by atoms with Gasteiger partial charge in [-0.25, -0.2) is 9.18 Å². The molecule has 6 nitrogen and oxygen atoms in total. The molecule has 8 heteroatoms. The van der Waals surface area contributed by atoms with E-state index in [1.165, 1.54) is 24.3 Å². The molecule has 0 spiro atoms. The summed E-state index contributed by atoms with van der Waals surface area (Å²) in [5.41, 5.74) is 0.532. The van der Waals surface area contributed by atoms with E-state index in [9.17, 15) is 14.0 Å². The number of carbonyl (C=O) groups is 2. The van der Waals surface area contributed by atoms with Crippen LogP contribution in [0.25, 0.3) is 0 Å². The molecule has 132 valence electrons. The summed E-state index contributed by atoms with van der Waals surface area (Å²) in [7, 11) is 0. The van der Waals surface area contributed by atoms with Gasteiger partial charge in [0.15, 0.2) is 0 Å². The number of benzene rings is 1. The van der Waals surface area contributed by atoms with Gasteiger partial charge < -0.3 is 20.9 Å². The van der Waals surface area contributed by atoms with Gasteiger partial charge in [0.05, 0.1) is 6.04 Å². The smallest absolute Gasteiger partial charge is 0.319 e. The second kappa shape index (κ2) is 8.30. The molecule has 3 N–H and O–H groups in total. The van der Waals surface area contributed by atoms with Gasteiger partial charge in [-0.1, -0.05) is 0 Å². The number of rotatable bonds is 3. The normalized spacial score (nSPS) is 22.8. The minimum atomic E-state index is -0.346. The van der Waals surface area contributed by atoms with Crippen molar-refractivity contribution in [2.24, 2.45) is 0 Å². The van der Waals surface area contributed by atoms with Crippen molar-refractivity contribution in [3.63, 3.8) is 0 Å². The average molecular weight is 357 g/mol. The van der Waals surface area contributed by atoms with Crippen molar-refractivity contribution < 1.29 is 14.0 Å². The second-order valence-electron chi connectivity index (χ2n) is 6.02. The summed E-state index contributed by atoms with van der Waals surface area (Å²) in [6, 6.07) is 5.13. The molecule has 24 heavy (non-hydrogen) atoms. The molecule has 1 aromatic rings. The van der Waals surface area contributed by atoms with Gasteiger partial charge in [-0.15, -0.1) is 12.4 Å². The van der Waals surface area contributed by atoms with Crippen LogP contribution in [-0.4, -0.2) is 48.6 Å². The number of anilines is 1. The third kappa shape index (κ3) is 4.58. The van der Waals surface area contributed by atoms with Crippen LogP contribution in [0.5, 0.6) is 0 Å². The van der Waals surface area contributed by atoms with E-state index < -0.39 is 0 Å². The zero-order chi connectivity index (χ0) is 16.2. The number of hydrogen-bond donors (Lipinski definition) is 3. The van der Waals surface area contributed by atoms with Gasteiger partial charge in [-0.3, -0.25) is 4.79 Å². The summed E-state index contributed by atoms with van der Waals surface area (Å²) in [4.78, 5) is 26.1. The van der Waals surface area contributed by atoms with Gasteiger partial charge in [0.1, 0.15) is 5.82 Å². The Kier molecular flexibility index (Phi) is 6.39. The zero-order valence-electron chi connectivity index (χ0n) is 13.3. The standard InChI is InChI=1S/C16H21FN4O2.ClH/c17-11-3-5-12(6-4-11)19-16(23)20-13-7-9-21(10-13)15(22)14-2-1-8-18-14;/h3-6,13-14,18H,1-2,7-10H2,(H2,19,20,23);1H. The van der Waals surface area contributed by atoms with E-state index in [4.69, 9.17) is 0 Å². The fourth-order valence-corrected chi connectivity index (χ4v) is 3.08. The Hall–Kier alpha value is -1.86. The van der Waals surface area contributed by atoms with E-state index in [1.54, 1.807) is 0 Å². The molecular formula is C16H22ClFN4O2. The SMILES string of the molecule is Cl.O=C(Nc1ccc(F)cc1)NC1CCN(C(=O)C2CCCN2)C1. The summed E-state index contributed by atoms with van der Waals surface area (Å²) in [6.45, 7) is 2.10. The third-order valence-corrected chi connectivity index (χ3v) is 4.30. The highest BCUT2D eigenvalue weighted by atomic mass is 35.5. The molecule has 3 rings (SSSR count). The Morgan fingerprint density at radius 1 is 1.21 bits per heavy atom. The monoisotopic (exact) mass is 356 g/mol. The van der Waals surface area contributed by atoms with Gasteiger partial charge in [-0.05, 0) is 50.1 Å². The number of hydrogen-bond acceptors (Lipinski definition) is 3. The minimum absolute atomic E-state index is 0. The first-order valence-corrected chi connectivity index (χ1v) is 7.97. The first-order chi connectivity index (χ1) is 11.1. The molecule has 2 fully saturated rings. The largest absolute Gasteiger partial charge is 0.339 e. The lowest BCUT2D eigenvalue weighted by Crippen LogP contribution is -2.45. The summed E-state index contributed by atoms with van der Waals surface area (Å²) < 4.78 is 12.8. The molecule has 2 aliphatic rings. The summed E-state index contributed by atoms with van der Waals surface area (Å²) >= 11 is 0. The van der Waals surface area contributed by atoms with Gasteiger partial charge in [0.2, 0.25) is 5.91 Å². The summed E-state index contributed by atoms with van der Waals surface area (Å²) in [6.07, 6.45) is 2.67. The Bertz CT molecular complexity index is 578. The maximum atomic E-state index is 12.8. The molecule has 0 radical (unpaired) electrons. The topological polar surface area (TPSA) is 73.5 Å². The molecule has 2 heterocycles. The number of likely N-dealkylation sites (tertiary alicyclic amines) is 1. The summed E-state index contributed by atoms with van der Waals surface area (Å²) in [5, 5.41) is 8.73. The first kappa shape index (κ1) is 18.5. The zero-order valence-corrected chi connectivity index (χ0v) is 14.1. The molecular weight excluding hydrogens is 335 g/mol. The molecule has 2 unspecified atom stereocenters. The number of urea groups is 1. The Labute approximate surface area is 146 Å². The van der Waals surface area contributed by atoms with E-state index >= 15 is 0 Å². The number of nitrogens with zero attached hydrogens (tertiary/aromatic N) is 1. The van der Waals surface area contributed by atoms with Crippen LogP contribution in [0, 0.1) is 5.82 Å². The van der Waals surface area contributed by atoms with Crippen molar-refractivity contribution in [1.82, 2.24) is 15.5 Å². The maximum Gasteiger partial charge on any atom is 0.319 e. The van der Waals surface area contributed by atoms with Crippen LogP contribution in [0.2, 0.25) is 0 Å². The highest BCUT2D eigenvalue weighted by Gasteiger charge is 2.32. The van der Waals surface area contributed by atoms with Crippen LogP contribution in [-0.2, 0) is 4.79 Å². The van der Waals surface area contributed by atoms with Crippen LogP contribution < -0.4 is 16.0 Å². The Balaban J connectivity index is 0.00000208. The van der Waals surface area contributed by atoms with Crippen LogP contribution in [0.3, 0.4) is 0 Å². The number of nitrogens with one attached hydrogen (secondary N) is 3. The predicted octanol–water partition coefficient (Wildman–Crippen LogP) is 1.72. The van der Waals surface area contributed by atoms with E-state index in [0.717, 1.165) is 25.8 Å². The maximum absolute atomic E-state index is 12.8. The first-order valence-electron chi connectivity index (χ1n) is 7.97. The van der Waals surface area contributed by atoms with Crippen molar-refractivity contribution in [1.29, 1.82) is 0 Å². The molecule has 1 aromatic carbocycles. The highest BCUT2D eigenvalue weighted by molar-refractivity contribution is 5.89. The fourth-order valence-electron chi connectivity index (χ4n) is 3.08. The third-order valence-electron chi connectivity index (χ3n) is 4.30. The molecule has 2 aliphatic heterocycles. The lowest BCUT2D eigenvalue weighted by Gasteiger charge is -2.21. The van der Waals surface area contributed by atoms with Crippen LogP contribution >= 0.6 is 12.4 Å². The van der Waals surface area contributed by atoms with Gasteiger partial charge in [0.25, 0.3) is 0 Å². The number of amides is 3. The highest BCUT2D eigenvalue weighted by Crippen LogP contribution is 2.15. The van der Waals surface area contributed by atoms with E-state index in [-0.39, 0.29) is 42.2 Å². The quantitative estimate of drug-likeness (QED) is 0.772. The summed E-state index contributed by atoms with van der Waals surface area (Å²) in [5.74, 6) is -0.216. The van der Waals surface area contributed by atoms with Crippen molar-refractivity contribution in [2.45, 2.75) is 31.3 Å². The number of carbonyl (C=O) groups excluding carboxylic acids is 2. The van der Waals surface area contributed by atoms with E-state index in [2.05, 4.69) is 16.0 Å². The second-order valence-corrected chi connectivity index (χ2v) is 6.02. The molecule has 0 aromatic heterocycles. The predicted molar refractivity (Wildman–Crippen MR) is 91.8 cm³/mol. The van der Waals surface area contributed by atoms with Crippen molar-refractivity contribution in [2.75, 3.05) is 25.0 Å². The van der Waals surface area contributed by atoms with Crippen molar-refractivity contribution in [3.05, 3.63) is 30.1 Å². The Morgan fingerprint density at radius 2 is 1.96 bits per heavy atom. The Morgan fingerprint density at radius 3 is 2.62 bits per heavy atom. The van der Waals surface area contributed by atoms with Crippen LogP contribution in [0.1, 0.15) is 19.3 Å². The van der Waals surface area contributed by atoms with E-state index in [1.807, 2.05) is 4.90 Å². The molecule has 0 saturated carbocycles. The lowest BCUT2D eigenvalue weighted by molar-refractivity contribution is -0.132.